The highest BCUT2D eigenvalue weighted by molar-refractivity contribution is 9.10. The number of likely N-dealkylation sites (N-methyl/N-ethyl adjacent to an activating group) is 1. The van der Waals surface area contributed by atoms with Gasteiger partial charge in [-0.2, -0.15) is 0 Å². The maximum Gasteiger partial charge on any atom is 0.0241 e. The van der Waals surface area contributed by atoms with Gasteiger partial charge in [-0.25, -0.2) is 0 Å². The molecule has 0 heterocycles. The molecule has 1 N–H and O–H groups in total. The first-order valence-corrected chi connectivity index (χ1v) is 6.99. The molecule has 2 rings (SSSR count). The van der Waals surface area contributed by atoms with Crippen LogP contribution in [0.15, 0.2) is 59.1 Å². The van der Waals surface area contributed by atoms with E-state index in [-0.39, 0.29) is 0 Å². The van der Waals surface area contributed by atoms with Crippen LogP contribution >= 0.6 is 15.9 Å². The lowest BCUT2D eigenvalue weighted by molar-refractivity contribution is 0.547. The fourth-order valence-corrected chi connectivity index (χ4v) is 2.71. The zero-order valence-corrected chi connectivity index (χ0v) is 12.3. The Balaban J connectivity index is 2.43. The monoisotopic (exact) mass is 303 g/mol. The van der Waals surface area contributed by atoms with Crippen LogP contribution in [-0.2, 0) is 0 Å². The molecule has 2 aromatic carbocycles. The summed E-state index contributed by atoms with van der Waals surface area (Å²) in [5, 5.41) is 3.37. The normalized spacial score (nSPS) is 14.2. The van der Waals surface area contributed by atoms with E-state index < -0.39 is 0 Å². The SMILES string of the molecule is CNC(C)C(c1ccccc1)c1cccc(Br)c1. The van der Waals surface area contributed by atoms with Gasteiger partial charge >= 0.3 is 0 Å². The molecule has 18 heavy (non-hydrogen) atoms. The molecular formula is C16H18BrN. The second-order valence-electron chi connectivity index (χ2n) is 4.52. The average Bonchev–Trinajstić information content (AvgIpc) is 2.40. The number of rotatable bonds is 4. The number of benzene rings is 2. The van der Waals surface area contributed by atoms with E-state index in [0.717, 1.165) is 4.47 Å². The summed E-state index contributed by atoms with van der Waals surface area (Å²) in [4.78, 5) is 0. The quantitative estimate of drug-likeness (QED) is 0.893. The topological polar surface area (TPSA) is 12.0 Å². The third-order valence-corrected chi connectivity index (χ3v) is 3.82. The van der Waals surface area contributed by atoms with Crippen LogP contribution in [0.25, 0.3) is 0 Å². The summed E-state index contributed by atoms with van der Waals surface area (Å²) < 4.78 is 1.13. The molecule has 2 unspecified atom stereocenters. The van der Waals surface area contributed by atoms with E-state index >= 15 is 0 Å². The summed E-state index contributed by atoms with van der Waals surface area (Å²) in [7, 11) is 2.01. The van der Waals surface area contributed by atoms with Crippen molar-refractivity contribution in [2.75, 3.05) is 7.05 Å². The Morgan fingerprint density at radius 1 is 0.944 bits per heavy atom. The van der Waals surface area contributed by atoms with Crippen molar-refractivity contribution in [3.05, 3.63) is 70.2 Å². The standard InChI is InChI=1S/C16H18BrN/c1-12(18-2)16(13-7-4-3-5-8-13)14-9-6-10-15(17)11-14/h3-12,16,18H,1-2H3. The molecule has 0 bridgehead atoms. The van der Waals surface area contributed by atoms with Gasteiger partial charge in [0.15, 0.2) is 0 Å². The Kier molecular flexibility index (Phi) is 4.56. The summed E-state index contributed by atoms with van der Waals surface area (Å²) in [5.74, 6) is 0.369. The zero-order chi connectivity index (χ0) is 13.0. The molecule has 0 aliphatic rings. The maximum absolute atomic E-state index is 3.55. The lowest BCUT2D eigenvalue weighted by Gasteiger charge is -2.25. The smallest absolute Gasteiger partial charge is 0.0241 e. The highest BCUT2D eigenvalue weighted by atomic mass is 79.9. The van der Waals surface area contributed by atoms with Gasteiger partial charge in [0.25, 0.3) is 0 Å². The molecule has 0 fully saturated rings. The Morgan fingerprint density at radius 2 is 1.61 bits per heavy atom. The van der Waals surface area contributed by atoms with Crippen LogP contribution in [0.5, 0.6) is 0 Å². The van der Waals surface area contributed by atoms with Crippen LogP contribution in [0, 0.1) is 0 Å². The molecule has 0 spiro atoms. The van der Waals surface area contributed by atoms with Crippen molar-refractivity contribution in [3.8, 4) is 0 Å². The van der Waals surface area contributed by atoms with Gasteiger partial charge in [-0.3, -0.25) is 0 Å². The largest absolute Gasteiger partial charge is 0.316 e. The van der Waals surface area contributed by atoms with Crippen molar-refractivity contribution in [3.63, 3.8) is 0 Å². The van der Waals surface area contributed by atoms with E-state index in [1.807, 2.05) is 7.05 Å². The third kappa shape index (κ3) is 3.01. The van der Waals surface area contributed by atoms with Crippen LogP contribution in [0.3, 0.4) is 0 Å². The molecule has 0 aliphatic carbocycles. The average molecular weight is 304 g/mol. The van der Waals surface area contributed by atoms with Crippen LogP contribution < -0.4 is 5.32 Å². The van der Waals surface area contributed by atoms with Crippen LogP contribution in [-0.4, -0.2) is 13.1 Å². The third-order valence-electron chi connectivity index (χ3n) is 3.32. The molecule has 2 aromatic rings. The molecule has 2 atom stereocenters. The summed E-state index contributed by atoms with van der Waals surface area (Å²) in [5.41, 5.74) is 2.68. The van der Waals surface area contributed by atoms with Crippen LogP contribution in [0.2, 0.25) is 0 Å². The molecule has 0 amide bonds. The van der Waals surface area contributed by atoms with E-state index in [0.29, 0.717) is 12.0 Å². The number of halogens is 1. The van der Waals surface area contributed by atoms with E-state index in [4.69, 9.17) is 0 Å². The van der Waals surface area contributed by atoms with Gasteiger partial charge in [0.1, 0.15) is 0 Å². The molecule has 1 nitrogen and oxygen atoms in total. The molecule has 0 saturated heterocycles. The summed E-state index contributed by atoms with van der Waals surface area (Å²) in [6, 6.07) is 19.6. The van der Waals surface area contributed by atoms with Gasteiger partial charge < -0.3 is 5.32 Å². The Labute approximate surface area is 117 Å². The first-order valence-electron chi connectivity index (χ1n) is 6.20. The highest BCUT2D eigenvalue weighted by Gasteiger charge is 2.19. The van der Waals surface area contributed by atoms with Crippen molar-refractivity contribution in [2.24, 2.45) is 0 Å². The second-order valence-corrected chi connectivity index (χ2v) is 5.44. The lowest BCUT2D eigenvalue weighted by Crippen LogP contribution is -2.29. The van der Waals surface area contributed by atoms with Crippen molar-refractivity contribution < 1.29 is 0 Å². The Morgan fingerprint density at radius 3 is 2.22 bits per heavy atom. The molecule has 0 aromatic heterocycles. The first-order chi connectivity index (χ1) is 8.72. The molecule has 0 saturated carbocycles. The van der Waals surface area contributed by atoms with Gasteiger partial charge in [-0.1, -0.05) is 58.4 Å². The zero-order valence-electron chi connectivity index (χ0n) is 10.7. The molecule has 0 aliphatic heterocycles. The molecule has 94 valence electrons. The van der Waals surface area contributed by atoms with Gasteiger partial charge in [-0.15, -0.1) is 0 Å². The van der Waals surface area contributed by atoms with Crippen LogP contribution in [0.1, 0.15) is 24.0 Å². The predicted molar refractivity (Wildman–Crippen MR) is 80.9 cm³/mol. The van der Waals surface area contributed by atoms with Crippen LogP contribution in [0.4, 0.5) is 0 Å². The highest BCUT2D eigenvalue weighted by Crippen LogP contribution is 2.29. The summed E-state index contributed by atoms with van der Waals surface area (Å²) >= 11 is 3.55. The first kappa shape index (κ1) is 13.3. The van der Waals surface area contributed by atoms with E-state index in [2.05, 4.69) is 82.8 Å². The second kappa shape index (κ2) is 6.17. The van der Waals surface area contributed by atoms with Gasteiger partial charge in [0, 0.05) is 16.4 Å². The van der Waals surface area contributed by atoms with Gasteiger partial charge in [-0.05, 0) is 37.2 Å². The van der Waals surface area contributed by atoms with E-state index in [9.17, 15) is 0 Å². The minimum atomic E-state index is 0.369. The lowest BCUT2D eigenvalue weighted by atomic mass is 9.86. The predicted octanol–water partition coefficient (Wildman–Crippen LogP) is 4.19. The summed E-state index contributed by atoms with van der Waals surface area (Å²) in [6.07, 6.45) is 0. The fraction of sp³-hybridized carbons (Fsp3) is 0.250. The maximum atomic E-state index is 3.55. The van der Waals surface area contributed by atoms with E-state index in [1.54, 1.807) is 0 Å². The van der Waals surface area contributed by atoms with Gasteiger partial charge in [0.2, 0.25) is 0 Å². The fourth-order valence-electron chi connectivity index (χ4n) is 2.30. The molecular weight excluding hydrogens is 286 g/mol. The molecule has 0 radical (unpaired) electrons. The Bertz CT molecular complexity index is 495. The van der Waals surface area contributed by atoms with E-state index in [1.165, 1.54) is 11.1 Å². The summed E-state index contributed by atoms with van der Waals surface area (Å²) in [6.45, 7) is 2.22. The minimum Gasteiger partial charge on any atom is -0.316 e. The van der Waals surface area contributed by atoms with Crippen molar-refractivity contribution in [1.82, 2.24) is 5.32 Å². The Hall–Kier alpha value is -1.12. The van der Waals surface area contributed by atoms with Crippen molar-refractivity contribution in [2.45, 2.75) is 18.9 Å². The minimum absolute atomic E-state index is 0.369. The number of nitrogens with one attached hydrogen (secondary N) is 1. The van der Waals surface area contributed by atoms with Crippen molar-refractivity contribution in [1.29, 1.82) is 0 Å². The number of hydrogen-bond donors (Lipinski definition) is 1. The van der Waals surface area contributed by atoms with Crippen molar-refractivity contribution >= 4 is 15.9 Å². The molecule has 2 heteroatoms. The van der Waals surface area contributed by atoms with Gasteiger partial charge in [0.05, 0.1) is 0 Å². The number of hydrogen-bond acceptors (Lipinski definition) is 1.